The Morgan fingerprint density at radius 3 is 2.67 bits per heavy atom. The van der Waals surface area contributed by atoms with Gasteiger partial charge in [0.1, 0.15) is 0 Å². The van der Waals surface area contributed by atoms with E-state index in [-0.39, 0.29) is 11.5 Å². The molecule has 128 valence electrons. The number of likely N-dealkylation sites (tertiary alicyclic amines) is 1. The van der Waals surface area contributed by atoms with Crippen LogP contribution in [-0.4, -0.2) is 33.7 Å². The highest BCUT2D eigenvalue weighted by atomic mass is 16.2. The van der Waals surface area contributed by atoms with Crippen molar-refractivity contribution < 1.29 is 4.79 Å². The molecule has 1 aromatic heterocycles. The Hall–Kier alpha value is -1.91. The number of hydrogen-bond acceptors (Lipinski definition) is 3. The number of aryl methyl sites for hydroxylation is 2. The quantitative estimate of drug-likeness (QED) is 0.797. The lowest BCUT2D eigenvalue weighted by molar-refractivity contribution is -0.136. The molecule has 0 aromatic carbocycles. The van der Waals surface area contributed by atoms with Crippen LogP contribution in [0.5, 0.6) is 0 Å². The van der Waals surface area contributed by atoms with Gasteiger partial charge in [-0.15, -0.1) is 0 Å². The van der Waals surface area contributed by atoms with E-state index in [4.69, 9.17) is 0 Å². The van der Waals surface area contributed by atoms with E-state index in [1.807, 2.05) is 4.90 Å². The first-order valence-electron chi connectivity index (χ1n) is 9.24. The van der Waals surface area contributed by atoms with Gasteiger partial charge in [0, 0.05) is 31.6 Å². The number of amides is 1. The van der Waals surface area contributed by atoms with Crippen molar-refractivity contribution in [3.05, 3.63) is 39.8 Å². The Morgan fingerprint density at radius 1 is 1.17 bits per heavy atom. The number of piperidine rings is 1. The Balaban J connectivity index is 1.35. The number of fused-ring (bicyclic) bond motifs is 1. The van der Waals surface area contributed by atoms with Crippen LogP contribution in [0.25, 0.3) is 0 Å². The van der Waals surface area contributed by atoms with Gasteiger partial charge in [0.25, 0.3) is 5.56 Å². The van der Waals surface area contributed by atoms with Crippen LogP contribution in [0.1, 0.15) is 43.4 Å². The number of carbonyl (C=O) groups is 1. The van der Waals surface area contributed by atoms with Gasteiger partial charge in [-0.05, 0) is 56.4 Å². The fraction of sp³-hybridized carbons (Fsp3) is 0.632. The van der Waals surface area contributed by atoms with Gasteiger partial charge in [-0.2, -0.15) is 5.10 Å². The average molecular weight is 327 g/mol. The zero-order valence-corrected chi connectivity index (χ0v) is 14.1. The molecule has 4 rings (SSSR count). The first-order valence-corrected chi connectivity index (χ1v) is 9.24. The van der Waals surface area contributed by atoms with Gasteiger partial charge in [0.05, 0.1) is 5.69 Å². The van der Waals surface area contributed by atoms with Gasteiger partial charge in [-0.25, -0.2) is 4.68 Å². The molecule has 0 atom stereocenters. The maximum absolute atomic E-state index is 12.5. The Bertz CT molecular complexity index is 706. The fourth-order valence-electron chi connectivity index (χ4n) is 4.23. The second-order valence-corrected chi connectivity index (χ2v) is 7.40. The van der Waals surface area contributed by atoms with Crippen molar-refractivity contribution in [1.29, 1.82) is 0 Å². The first-order chi connectivity index (χ1) is 11.7. The van der Waals surface area contributed by atoms with Gasteiger partial charge >= 0.3 is 0 Å². The van der Waals surface area contributed by atoms with Crippen molar-refractivity contribution in [2.75, 3.05) is 13.1 Å². The molecule has 0 saturated carbocycles. The molecule has 3 aliphatic rings. The molecule has 1 aliphatic heterocycles. The second kappa shape index (κ2) is 6.54. The van der Waals surface area contributed by atoms with Crippen LogP contribution in [0.3, 0.4) is 0 Å². The fourth-order valence-corrected chi connectivity index (χ4v) is 4.23. The third-order valence-corrected chi connectivity index (χ3v) is 5.74. The molecule has 1 saturated heterocycles. The van der Waals surface area contributed by atoms with Crippen molar-refractivity contribution in [3.63, 3.8) is 0 Å². The highest BCUT2D eigenvalue weighted by Crippen LogP contribution is 2.25. The van der Waals surface area contributed by atoms with E-state index in [1.165, 1.54) is 0 Å². The molecule has 1 amide bonds. The lowest BCUT2D eigenvalue weighted by Crippen LogP contribution is -2.42. The molecule has 0 radical (unpaired) electrons. The van der Waals surface area contributed by atoms with Gasteiger partial charge in [0.2, 0.25) is 5.91 Å². The first kappa shape index (κ1) is 15.6. The summed E-state index contributed by atoms with van der Waals surface area (Å²) in [6.07, 6.45) is 11.1. The van der Waals surface area contributed by atoms with Crippen molar-refractivity contribution in [2.24, 2.45) is 11.8 Å². The predicted octanol–water partition coefficient (Wildman–Crippen LogP) is 1.94. The number of hydrogen-bond donors (Lipinski definition) is 0. The SMILES string of the molecule is O=C(C1CC=CC1)N1CCC(Cn2nc3c(cc2=O)CCC3)CC1. The normalized spacial score (nSPS) is 21.4. The largest absolute Gasteiger partial charge is 0.342 e. The van der Waals surface area contributed by atoms with Crippen LogP contribution in [0.2, 0.25) is 0 Å². The summed E-state index contributed by atoms with van der Waals surface area (Å²) >= 11 is 0. The number of aromatic nitrogens is 2. The summed E-state index contributed by atoms with van der Waals surface area (Å²) in [4.78, 5) is 26.7. The van der Waals surface area contributed by atoms with Gasteiger partial charge in [0.15, 0.2) is 0 Å². The molecular weight excluding hydrogens is 302 g/mol. The zero-order chi connectivity index (χ0) is 16.5. The van der Waals surface area contributed by atoms with Crippen LogP contribution in [-0.2, 0) is 24.2 Å². The smallest absolute Gasteiger partial charge is 0.267 e. The van der Waals surface area contributed by atoms with E-state index in [0.29, 0.717) is 18.4 Å². The van der Waals surface area contributed by atoms with E-state index in [2.05, 4.69) is 17.3 Å². The Morgan fingerprint density at radius 2 is 1.92 bits per heavy atom. The van der Waals surface area contributed by atoms with Crippen LogP contribution >= 0.6 is 0 Å². The molecular formula is C19H25N3O2. The van der Waals surface area contributed by atoms with E-state index in [9.17, 15) is 9.59 Å². The molecule has 0 spiro atoms. The topological polar surface area (TPSA) is 55.2 Å². The van der Waals surface area contributed by atoms with Crippen LogP contribution in [0, 0.1) is 11.8 Å². The highest BCUT2D eigenvalue weighted by molar-refractivity contribution is 5.79. The molecule has 24 heavy (non-hydrogen) atoms. The summed E-state index contributed by atoms with van der Waals surface area (Å²) in [6.45, 7) is 2.33. The number of rotatable bonds is 3. The summed E-state index contributed by atoms with van der Waals surface area (Å²) in [5, 5.41) is 4.58. The van der Waals surface area contributed by atoms with E-state index < -0.39 is 0 Å². The maximum atomic E-state index is 12.5. The van der Waals surface area contributed by atoms with Crippen LogP contribution in [0.15, 0.2) is 23.0 Å². The van der Waals surface area contributed by atoms with Crippen molar-refractivity contribution >= 4 is 5.91 Å². The van der Waals surface area contributed by atoms with Crippen molar-refractivity contribution in [2.45, 2.75) is 51.5 Å². The minimum atomic E-state index is 0.0335. The molecule has 5 nitrogen and oxygen atoms in total. The number of nitrogens with zero attached hydrogens (tertiary/aromatic N) is 3. The van der Waals surface area contributed by atoms with Gasteiger partial charge in [-0.3, -0.25) is 9.59 Å². The number of carbonyl (C=O) groups excluding carboxylic acids is 1. The van der Waals surface area contributed by atoms with Crippen molar-refractivity contribution in [3.8, 4) is 0 Å². The predicted molar refractivity (Wildman–Crippen MR) is 91.7 cm³/mol. The second-order valence-electron chi connectivity index (χ2n) is 7.40. The third-order valence-electron chi connectivity index (χ3n) is 5.74. The zero-order valence-electron chi connectivity index (χ0n) is 14.1. The molecule has 0 unspecified atom stereocenters. The van der Waals surface area contributed by atoms with Crippen LogP contribution in [0.4, 0.5) is 0 Å². The van der Waals surface area contributed by atoms with Gasteiger partial charge < -0.3 is 4.90 Å². The molecule has 2 aliphatic carbocycles. The molecule has 1 fully saturated rings. The average Bonchev–Trinajstić information content (AvgIpc) is 3.26. The third kappa shape index (κ3) is 3.04. The summed E-state index contributed by atoms with van der Waals surface area (Å²) in [5.74, 6) is 0.925. The van der Waals surface area contributed by atoms with E-state index in [1.54, 1.807) is 10.7 Å². The standard InChI is InChI=1S/C19H25N3O2/c23-18-12-16-6-3-7-17(16)20-22(18)13-14-8-10-21(11-9-14)19(24)15-4-1-2-5-15/h1-2,12,14-15H,3-11,13H2. The number of allylic oxidation sites excluding steroid dienone is 2. The Labute approximate surface area is 142 Å². The minimum absolute atomic E-state index is 0.0335. The van der Waals surface area contributed by atoms with Crippen molar-refractivity contribution in [1.82, 2.24) is 14.7 Å². The lowest BCUT2D eigenvalue weighted by atomic mass is 9.95. The maximum Gasteiger partial charge on any atom is 0.267 e. The summed E-state index contributed by atoms with van der Waals surface area (Å²) in [6, 6.07) is 1.78. The molecule has 2 heterocycles. The highest BCUT2D eigenvalue weighted by Gasteiger charge is 2.29. The summed E-state index contributed by atoms with van der Waals surface area (Å²) in [5.41, 5.74) is 2.28. The van der Waals surface area contributed by atoms with Crippen LogP contribution < -0.4 is 5.56 Å². The van der Waals surface area contributed by atoms with Gasteiger partial charge in [-0.1, -0.05) is 12.2 Å². The molecule has 5 heteroatoms. The molecule has 0 N–H and O–H groups in total. The Kier molecular flexibility index (Phi) is 4.25. The molecule has 1 aromatic rings. The molecule has 0 bridgehead atoms. The minimum Gasteiger partial charge on any atom is -0.342 e. The van der Waals surface area contributed by atoms with E-state index >= 15 is 0 Å². The summed E-state index contributed by atoms with van der Waals surface area (Å²) < 4.78 is 1.66. The lowest BCUT2D eigenvalue weighted by Gasteiger charge is -2.33. The summed E-state index contributed by atoms with van der Waals surface area (Å²) in [7, 11) is 0. The monoisotopic (exact) mass is 327 g/mol. The van der Waals surface area contributed by atoms with E-state index in [0.717, 1.165) is 69.3 Å².